The molecule has 0 spiro atoms. The summed E-state index contributed by atoms with van der Waals surface area (Å²) in [5.41, 5.74) is 0.381. The van der Waals surface area contributed by atoms with Gasteiger partial charge in [0.15, 0.2) is 0 Å². The third-order valence-electron chi connectivity index (χ3n) is 4.50. The van der Waals surface area contributed by atoms with Gasteiger partial charge in [-0.15, -0.1) is 0 Å². The Morgan fingerprint density at radius 3 is 2.38 bits per heavy atom. The Labute approximate surface area is 126 Å². The van der Waals surface area contributed by atoms with Crippen molar-refractivity contribution in [2.45, 2.75) is 64.4 Å². The van der Waals surface area contributed by atoms with E-state index in [0.29, 0.717) is 23.6 Å². The minimum atomic E-state index is -3.65. The second-order valence-electron chi connectivity index (χ2n) is 6.38. The molecule has 0 radical (unpaired) electrons. The van der Waals surface area contributed by atoms with E-state index in [4.69, 9.17) is 4.42 Å². The Balaban J connectivity index is 2.19. The minimum Gasteiger partial charge on any atom is -0.465 e. The Hall–Kier alpha value is -0.850. The highest BCUT2D eigenvalue weighted by Crippen LogP contribution is 2.35. The summed E-state index contributed by atoms with van der Waals surface area (Å²) in [6.45, 7) is 5.51. The number of aliphatic hydroxyl groups excluding tert-OH is 1. The third kappa shape index (κ3) is 3.49. The predicted octanol–water partition coefficient (Wildman–Crippen LogP) is 2.64. The lowest BCUT2D eigenvalue weighted by Gasteiger charge is -2.33. The summed E-state index contributed by atoms with van der Waals surface area (Å²) < 4.78 is 33.2. The first kappa shape index (κ1) is 16.5. The normalized spacial score (nSPS) is 18.9. The molecular weight excluding hydrogens is 290 g/mol. The SMILES string of the molecule is Cc1oc(C)c(S(=O)(=O)NCC2(C)CCCCC2)c1CO. The van der Waals surface area contributed by atoms with Gasteiger partial charge in [0, 0.05) is 12.1 Å². The Bertz CT molecular complexity index is 597. The Morgan fingerprint density at radius 1 is 1.19 bits per heavy atom. The molecule has 1 saturated carbocycles. The summed E-state index contributed by atoms with van der Waals surface area (Å²) in [4.78, 5) is 0.0990. The molecule has 1 aromatic rings. The first-order valence-electron chi connectivity index (χ1n) is 7.48. The molecule has 120 valence electrons. The van der Waals surface area contributed by atoms with E-state index in [1.165, 1.54) is 6.42 Å². The van der Waals surface area contributed by atoms with Gasteiger partial charge >= 0.3 is 0 Å². The van der Waals surface area contributed by atoms with Gasteiger partial charge in [-0.1, -0.05) is 26.2 Å². The number of aliphatic hydroxyl groups is 1. The average Bonchev–Trinajstić information content (AvgIpc) is 2.72. The smallest absolute Gasteiger partial charge is 0.244 e. The summed E-state index contributed by atoms with van der Waals surface area (Å²) in [5, 5.41) is 9.39. The molecule has 0 unspecified atom stereocenters. The fourth-order valence-corrected chi connectivity index (χ4v) is 4.80. The van der Waals surface area contributed by atoms with Crippen molar-refractivity contribution >= 4 is 10.0 Å². The number of nitrogens with one attached hydrogen (secondary N) is 1. The van der Waals surface area contributed by atoms with Crippen LogP contribution in [0.4, 0.5) is 0 Å². The highest BCUT2D eigenvalue weighted by atomic mass is 32.2. The molecule has 2 N–H and O–H groups in total. The van der Waals surface area contributed by atoms with Crippen molar-refractivity contribution in [3.05, 3.63) is 17.1 Å². The van der Waals surface area contributed by atoms with Crippen molar-refractivity contribution in [3.8, 4) is 0 Å². The van der Waals surface area contributed by atoms with Gasteiger partial charge in [-0.25, -0.2) is 13.1 Å². The van der Waals surface area contributed by atoms with Crippen molar-refractivity contribution in [1.82, 2.24) is 4.72 Å². The topological polar surface area (TPSA) is 79.5 Å². The van der Waals surface area contributed by atoms with E-state index in [2.05, 4.69) is 11.6 Å². The summed E-state index contributed by atoms with van der Waals surface area (Å²) in [6, 6.07) is 0. The molecule has 1 aliphatic carbocycles. The largest absolute Gasteiger partial charge is 0.465 e. The van der Waals surface area contributed by atoms with Crippen LogP contribution >= 0.6 is 0 Å². The molecule has 0 amide bonds. The van der Waals surface area contributed by atoms with E-state index in [1.54, 1.807) is 13.8 Å². The molecule has 0 saturated heterocycles. The molecule has 6 heteroatoms. The standard InChI is InChI=1S/C15H25NO4S/c1-11-13(9-17)14(12(2)20-11)21(18,19)16-10-15(3)7-5-4-6-8-15/h16-17H,4-10H2,1-3H3. The van der Waals surface area contributed by atoms with Gasteiger partial charge in [0.1, 0.15) is 16.4 Å². The molecule has 2 rings (SSSR count). The highest BCUT2D eigenvalue weighted by molar-refractivity contribution is 7.89. The molecule has 0 aromatic carbocycles. The van der Waals surface area contributed by atoms with Gasteiger partial charge in [0.05, 0.1) is 6.61 Å². The first-order valence-corrected chi connectivity index (χ1v) is 8.97. The molecule has 1 heterocycles. The van der Waals surface area contributed by atoms with E-state index < -0.39 is 10.0 Å². The van der Waals surface area contributed by atoms with Crippen LogP contribution in [0.1, 0.15) is 56.1 Å². The van der Waals surface area contributed by atoms with Crippen LogP contribution in [0.2, 0.25) is 0 Å². The van der Waals surface area contributed by atoms with Crippen molar-refractivity contribution in [2.75, 3.05) is 6.54 Å². The number of hydrogen-bond donors (Lipinski definition) is 2. The van der Waals surface area contributed by atoms with E-state index in [9.17, 15) is 13.5 Å². The molecule has 0 bridgehead atoms. The summed E-state index contributed by atoms with van der Waals surface area (Å²) in [7, 11) is -3.65. The van der Waals surface area contributed by atoms with E-state index in [-0.39, 0.29) is 16.9 Å². The van der Waals surface area contributed by atoms with E-state index in [1.807, 2.05) is 0 Å². The van der Waals surface area contributed by atoms with Crippen LogP contribution < -0.4 is 4.72 Å². The van der Waals surface area contributed by atoms with Crippen molar-refractivity contribution in [1.29, 1.82) is 0 Å². The maximum Gasteiger partial charge on any atom is 0.244 e. The zero-order chi connectivity index (χ0) is 15.7. The first-order chi connectivity index (χ1) is 9.79. The van der Waals surface area contributed by atoms with Crippen molar-refractivity contribution in [3.63, 3.8) is 0 Å². The predicted molar refractivity (Wildman–Crippen MR) is 80.5 cm³/mol. The van der Waals surface area contributed by atoms with Crippen molar-refractivity contribution in [2.24, 2.45) is 5.41 Å². The second kappa shape index (κ2) is 6.10. The number of furan rings is 1. The Kier molecular flexibility index (Phi) is 4.80. The van der Waals surface area contributed by atoms with Crippen molar-refractivity contribution < 1.29 is 17.9 Å². The van der Waals surface area contributed by atoms with Gasteiger partial charge in [0.2, 0.25) is 10.0 Å². The fraction of sp³-hybridized carbons (Fsp3) is 0.733. The summed E-state index contributed by atoms with van der Waals surface area (Å²) in [5.74, 6) is 0.789. The van der Waals surface area contributed by atoms with E-state index >= 15 is 0 Å². The minimum absolute atomic E-state index is 0.0252. The second-order valence-corrected chi connectivity index (χ2v) is 8.08. The highest BCUT2D eigenvalue weighted by Gasteiger charge is 2.31. The zero-order valence-corrected chi connectivity index (χ0v) is 13.8. The summed E-state index contributed by atoms with van der Waals surface area (Å²) >= 11 is 0. The number of aryl methyl sites for hydroxylation is 2. The van der Waals surface area contributed by atoms with Crippen LogP contribution in [0.3, 0.4) is 0 Å². The average molecular weight is 315 g/mol. The number of rotatable bonds is 5. The molecule has 0 aliphatic heterocycles. The van der Waals surface area contributed by atoms with Crippen LogP contribution in [-0.2, 0) is 16.6 Å². The lowest BCUT2D eigenvalue weighted by atomic mass is 9.76. The quantitative estimate of drug-likeness (QED) is 0.875. The lowest BCUT2D eigenvalue weighted by molar-refractivity contribution is 0.219. The number of hydrogen-bond acceptors (Lipinski definition) is 4. The fourth-order valence-electron chi connectivity index (χ4n) is 3.17. The molecule has 0 atom stereocenters. The zero-order valence-electron chi connectivity index (χ0n) is 13.0. The van der Waals surface area contributed by atoms with Gasteiger partial charge in [-0.05, 0) is 32.1 Å². The van der Waals surface area contributed by atoms with Crippen LogP contribution in [0.15, 0.2) is 9.31 Å². The molecule has 21 heavy (non-hydrogen) atoms. The molecule has 1 aromatic heterocycles. The van der Waals surface area contributed by atoms with E-state index in [0.717, 1.165) is 25.7 Å². The molecule has 5 nitrogen and oxygen atoms in total. The third-order valence-corrected chi connectivity index (χ3v) is 6.10. The van der Waals surface area contributed by atoms with Gasteiger partial charge in [-0.2, -0.15) is 0 Å². The summed E-state index contributed by atoms with van der Waals surface area (Å²) in [6.07, 6.45) is 5.64. The van der Waals surface area contributed by atoms with Gasteiger partial charge < -0.3 is 9.52 Å². The monoisotopic (exact) mass is 315 g/mol. The molecule has 1 aliphatic rings. The maximum absolute atomic E-state index is 12.5. The Morgan fingerprint density at radius 2 is 1.81 bits per heavy atom. The molecule has 1 fully saturated rings. The van der Waals surface area contributed by atoms with Crippen LogP contribution in [0.5, 0.6) is 0 Å². The van der Waals surface area contributed by atoms with Crippen LogP contribution in [0.25, 0.3) is 0 Å². The maximum atomic E-state index is 12.5. The number of sulfonamides is 1. The van der Waals surface area contributed by atoms with Crippen LogP contribution in [0, 0.1) is 19.3 Å². The molecular formula is C15H25NO4S. The lowest BCUT2D eigenvalue weighted by Crippen LogP contribution is -2.37. The van der Waals surface area contributed by atoms with Crippen LogP contribution in [-0.4, -0.2) is 20.1 Å². The van der Waals surface area contributed by atoms with Gasteiger partial charge in [-0.3, -0.25) is 0 Å². The van der Waals surface area contributed by atoms with Gasteiger partial charge in [0.25, 0.3) is 0 Å².